The first-order valence-corrected chi connectivity index (χ1v) is 12.6. The molecule has 196 valence electrons. The number of Topliss-reactive ketones (excluding diaryl/α,β-unsaturated/α-hetero) is 1. The van der Waals surface area contributed by atoms with E-state index in [1.54, 1.807) is 0 Å². The summed E-state index contributed by atoms with van der Waals surface area (Å²) in [6.45, 7) is 11.6. The molecule has 0 bridgehead atoms. The van der Waals surface area contributed by atoms with Crippen molar-refractivity contribution in [2.24, 2.45) is 28.9 Å². The van der Waals surface area contributed by atoms with Gasteiger partial charge in [0.25, 0.3) is 5.91 Å². The molecular formula is C25H41N5O5. The summed E-state index contributed by atoms with van der Waals surface area (Å²) in [5, 5.41) is 8.37. The molecule has 10 heteroatoms. The topological polar surface area (TPSA) is 151 Å². The molecular weight excluding hydrogens is 450 g/mol. The number of hydrogen-bond donors (Lipinski definition) is 4. The van der Waals surface area contributed by atoms with E-state index in [0.29, 0.717) is 13.0 Å². The van der Waals surface area contributed by atoms with Crippen LogP contribution >= 0.6 is 0 Å². The number of primary amides is 1. The van der Waals surface area contributed by atoms with Crippen LogP contribution in [-0.4, -0.2) is 64.6 Å². The fourth-order valence-corrected chi connectivity index (χ4v) is 5.07. The highest BCUT2D eigenvalue weighted by molar-refractivity contribution is 6.37. The molecule has 1 aliphatic heterocycles. The lowest BCUT2D eigenvalue weighted by Crippen LogP contribution is -2.61. The van der Waals surface area contributed by atoms with Gasteiger partial charge in [0.15, 0.2) is 0 Å². The van der Waals surface area contributed by atoms with Crippen LogP contribution in [0.4, 0.5) is 4.79 Å². The Hall–Kier alpha value is -2.65. The standard InChI is InChI=1S/C25H41N5O5/c1-24(2,3)19(28-23(35)29-25(4,5)6)22(34)30-12-14-11-15(14)17(30)21(33)27-16(18(31)20(26)32)10-13-8-7-9-13/h13-17,19H,7-12H2,1-6H3,(H2,26,32)(H,27,33)(H2,28,29,35)/t14?,15?,16?,17-,19+/m0/s1. The molecule has 2 aliphatic carbocycles. The second-order valence-corrected chi connectivity index (χ2v) is 12.6. The van der Waals surface area contributed by atoms with Gasteiger partial charge in [-0.1, -0.05) is 40.0 Å². The summed E-state index contributed by atoms with van der Waals surface area (Å²) in [7, 11) is 0. The van der Waals surface area contributed by atoms with Crippen LogP contribution in [0.15, 0.2) is 0 Å². The molecule has 5 amide bonds. The van der Waals surface area contributed by atoms with E-state index in [0.717, 1.165) is 25.7 Å². The van der Waals surface area contributed by atoms with Gasteiger partial charge in [-0.15, -0.1) is 0 Å². The minimum atomic E-state index is -1.07. The number of piperidine rings is 1. The Labute approximate surface area is 207 Å². The number of ketones is 1. The van der Waals surface area contributed by atoms with Crippen LogP contribution in [0.3, 0.4) is 0 Å². The molecule has 3 unspecified atom stereocenters. The predicted octanol–water partition coefficient (Wildman–Crippen LogP) is 1.08. The normalized spacial score (nSPS) is 25.5. The third-order valence-electron chi connectivity index (χ3n) is 7.25. The van der Waals surface area contributed by atoms with E-state index in [9.17, 15) is 24.0 Å². The lowest BCUT2D eigenvalue weighted by Gasteiger charge is -2.37. The van der Waals surface area contributed by atoms with Crippen molar-refractivity contribution < 1.29 is 24.0 Å². The maximum absolute atomic E-state index is 13.7. The highest BCUT2D eigenvalue weighted by atomic mass is 16.2. The largest absolute Gasteiger partial charge is 0.363 e. The van der Waals surface area contributed by atoms with Crippen molar-refractivity contribution in [3.63, 3.8) is 0 Å². The predicted molar refractivity (Wildman–Crippen MR) is 130 cm³/mol. The van der Waals surface area contributed by atoms with Crippen molar-refractivity contribution >= 4 is 29.5 Å². The van der Waals surface area contributed by atoms with Crippen LogP contribution in [0.2, 0.25) is 0 Å². The van der Waals surface area contributed by atoms with Gasteiger partial charge in [-0.3, -0.25) is 19.2 Å². The van der Waals surface area contributed by atoms with E-state index in [1.807, 2.05) is 41.5 Å². The van der Waals surface area contributed by atoms with Gasteiger partial charge < -0.3 is 26.6 Å². The quantitative estimate of drug-likeness (QED) is 0.375. The number of carbonyl (C=O) groups excluding carboxylic acids is 5. The molecule has 2 saturated carbocycles. The lowest BCUT2D eigenvalue weighted by atomic mass is 9.80. The molecule has 1 heterocycles. The number of hydrogen-bond acceptors (Lipinski definition) is 5. The number of nitrogens with two attached hydrogens (primary N) is 1. The van der Waals surface area contributed by atoms with Gasteiger partial charge in [-0.2, -0.15) is 0 Å². The van der Waals surface area contributed by atoms with Crippen molar-refractivity contribution in [3.05, 3.63) is 0 Å². The summed E-state index contributed by atoms with van der Waals surface area (Å²) in [4.78, 5) is 65.2. The summed E-state index contributed by atoms with van der Waals surface area (Å²) < 4.78 is 0. The first-order valence-electron chi connectivity index (χ1n) is 12.6. The maximum Gasteiger partial charge on any atom is 0.315 e. The molecule has 3 rings (SSSR count). The van der Waals surface area contributed by atoms with Crippen LogP contribution in [0.5, 0.6) is 0 Å². The number of likely N-dealkylation sites (tertiary alicyclic amines) is 1. The molecule has 1 saturated heterocycles. The zero-order valence-electron chi connectivity index (χ0n) is 21.8. The Balaban J connectivity index is 1.76. The molecule has 0 spiro atoms. The molecule has 0 radical (unpaired) electrons. The minimum absolute atomic E-state index is 0.0102. The van der Waals surface area contributed by atoms with E-state index in [2.05, 4.69) is 16.0 Å². The first-order chi connectivity index (χ1) is 16.1. The van der Waals surface area contributed by atoms with E-state index in [-0.39, 0.29) is 23.7 Å². The molecule has 0 aromatic rings. The number of rotatable bonds is 8. The summed E-state index contributed by atoms with van der Waals surface area (Å²) in [6, 6.07) is -3.03. The lowest BCUT2D eigenvalue weighted by molar-refractivity contribution is -0.144. The van der Waals surface area contributed by atoms with Crippen molar-refractivity contribution in [2.75, 3.05) is 6.54 Å². The molecule has 5 N–H and O–H groups in total. The van der Waals surface area contributed by atoms with Gasteiger partial charge in [0, 0.05) is 12.1 Å². The second kappa shape index (κ2) is 9.78. The van der Waals surface area contributed by atoms with Crippen LogP contribution in [-0.2, 0) is 19.2 Å². The molecule has 0 aromatic heterocycles. The van der Waals surface area contributed by atoms with Gasteiger partial charge in [0.05, 0.1) is 6.04 Å². The van der Waals surface area contributed by atoms with Gasteiger partial charge in [0.2, 0.25) is 17.6 Å². The van der Waals surface area contributed by atoms with Crippen LogP contribution in [0.1, 0.15) is 73.6 Å². The van der Waals surface area contributed by atoms with Gasteiger partial charge in [-0.25, -0.2) is 4.79 Å². The van der Waals surface area contributed by atoms with E-state index >= 15 is 0 Å². The average Bonchev–Trinajstić information content (AvgIpc) is 3.33. The summed E-state index contributed by atoms with van der Waals surface area (Å²) in [6.07, 6.45) is 4.17. The third-order valence-corrected chi connectivity index (χ3v) is 7.25. The zero-order valence-corrected chi connectivity index (χ0v) is 21.8. The number of nitrogens with one attached hydrogen (secondary N) is 3. The molecule has 0 aromatic carbocycles. The summed E-state index contributed by atoms with van der Waals surface area (Å²) in [5.41, 5.74) is 4.16. The van der Waals surface area contributed by atoms with E-state index in [4.69, 9.17) is 5.73 Å². The second-order valence-electron chi connectivity index (χ2n) is 12.6. The summed E-state index contributed by atoms with van der Waals surface area (Å²) >= 11 is 0. The smallest absolute Gasteiger partial charge is 0.315 e. The van der Waals surface area contributed by atoms with Crippen molar-refractivity contribution in [1.29, 1.82) is 0 Å². The van der Waals surface area contributed by atoms with Crippen LogP contribution < -0.4 is 21.7 Å². The van der Waals surface area contributed by atoms with Crippen molar-refractivity contribution in [2.45, 2.75) is 97.3 Å². The fourth-order valence-electron chi connectivity index (χ4n) is 5.07. The van der Waals surface area contributed by atoms with Gasteiger partial charge in [-0.05, 0) is 56.8 Å². The molecule has 3 fully saturated rings. The highest BCUT2D eigenvalue weighted by Crippen LogP contribution is 2.50. The zero-order chi connectivity index (χ0) is 26.3. The molecule has 10 nitrogen and oxygen atoms in total. The summed E-state index contributed by atoms with van der Waals surface area (Å²) in [5.74, 6) is -2.14. The Morgan fingerprint density at radius 1 is 1.00 bits per heavy atom. The molecule has 35 heavy (non-hydrogen) atoms. The number of amides is 5. The maximum atomic E-state index is 13.7. The van der Waals surface area contributed by atoms with E-state index < -0.39 is 52.7 Å². The van der Waals surface area contributed by atoms with E-state index in [1.165, 1.54) is 4.90 Å². The van der Waals surface area contributed by atoms with Gasteiger partial charge in [0.1, 0.15) is 12.1 Å². The van der Waals surface area contributed by atoms with Crippen LogP contribution in [0, 0.1) is 23.2 Å². The van der Waals surface area contributed by atoms with Gasteiger partial charge >= 0.3 is 6.03 Å². The first kappa shape index (κ1) is 26.9. The number of fused-ring (bicyclic) bond motifs is 1. The number of nitrogens with zero attached hydrogens (tertiary/aromatic N) is 1. The van der Waals surface area contributed by atoms with Crippen LogP contribution in [0.25, 0.3) is 0 Å². The number of urea groups is 1. The molecule has 3 aliphatic rings. The fraction of sp³-hybridized carbons (Fsp3) is 0.800. The minimum Gasteiger partial charge on any atom is -0.363 e. The Morgan fingerprint density at radius 2 is 1.63 bits per heavy atom. The third kappa shape index (κ3) is 6.52. The monoisotopic (exact) mass is 491 g/mol. The highest BCUT2D eigenvalue weighted by Gasteiger charge is 2.58. The van der Waals surface area contributed by atoms with Crippen molar-refractivity contribution in [1.82, 2.24) is 20.9 Å². The number of carbonyl (C=O) groups is 5. The SMILES string of the molecule is CC(C)(C)NC(=O)N[C@H](C(=O)N1CC2CC2[C@H]1C(=O)NC(CC1CCC1)C(=O)C(N)=O)C(C)(C)C. The Morgan fingerprint density at radius 3 is 2.11 bits per heavy atom. The average molecular weight is 492 g/mol. The Kier molecular flexibility index (Phi) is 7.53. The van der Waals surface area contributed by atoms with Crippen molar-refractivity contribution in [3.8, 4) is 0 Å². The molecule has 5 atom stereocenters. The Bertz CT molecular complexity index is 886.